The van der Waals surface area contributed by atoms with Crippen LogP contribution in [0.3, 0.4) is 0 Å². The number of nitrogens with one attached hydrogen (secondary N) is 1. The van der Waals surface area contributed by atoms with E-state index in [1.807, 2.05) is 0 Å². The van der Waals surface area contributed by atoms with Crippen LogP contribution in [0.15, 0.2) is 12.2 Å². The van der Waals surface area contributed by atoms with Gasteiger partial charge in [-0.2, -0.15) is 8.42 Å². The van der Waals surface area contributed by atoms with Crippen molar-refractivity contribution in [2.45, 2.75) is 44.6 Å². The first-order chi connectivity index (χ1) is 12.1. The van der Waals surface area contributed by atoms with Gasteiger partial charge in [0.15, 0.2) is 0 Å². The molecular formula is C17H25NO7S. The minimum atomic E-state index is -3.51. The number of hydrogen-bond acceptors (Lipinski definition) is 7. The second-order valence-corrected chi connectivity index (χ2v) is 9.58. The molecule has 3 fully saturated rings. The zero-order chi connectivity index (χ0) is 19.3. The Hall–Kier alpha value is -1.45. The first-order valence-corrected chi connectivity index (χ1v) is 10.2. The average molecular weight is 387 g/mol. The molecule has 0 radical (unpaired) electrons. The molecule has 5 atom stereocenters. The monoisotopic (exact) mass is 387 g/mol. The third kappa shape index (κ3) is 3.16. The molecule has 1 saturated heterocycles. The Kier molecular flexibility index (Phi) is 4.91. The summed E-state index contributed by atoms with van der Waals surface area (Å²) in [6.07, 6.45) is -0.219. The normalized spacial score (nSPS) is 35.3. The lowest BCUT2D eigenvalue weighted by Gasteiger charge is -2.26. The van der Waals surface area contributed by atoms with E-state index in [1.165, 1.54) is 0 Å². The van der Waals surface area contributed by atoms with Crippen molar-refractivity contribution in [1.82, 2.24) is 5.32 Å². The molecule has 26 heavy (non-hydrogen) atoms. The highest BCUT2D eigenvalue weighted by molar-refractivity contribution is 7.87. The van der Waals surface area contributed by atoms with Gasteiger partial charge in [0, 0.05) is 11.5 Å². The van der Waals surface area contributed by atoms with E-state index >= 15 is 0 Å². The minimum Gasteiger partial charge on any atom is -0.462 e. The lowest BCUT2D eigenvalue weighted by atomic mass is 9.81. The molecule has 1 heterocycles. The molecule has 1 N–H and O–H groups in total. The van der Waals surface area contributed by atoms with Crippen molar-refractivity contribution in [3.63, 3.8) is 0 Å². The fourth-order valence-corrected chi connectivity index (χ4v) is 6.59. The number of carbonyl (C=O) groups is 2. The third-order valence-corrected chi connectivity index (χ3v) is 7.55. The zero-order valence-corrected chi connectivity index (χ0v) is 16.0. The van der Waals surface area contributed by atoms with Crippen molar-refractivity contribution in [3.8, 4) is 0 Å². The van der Waals surface area contributed by atoms with Gasteiger partial charge in [0.1, 0.15) is 19.3 Å². The average Bonchev–Trinajstić information content (AvgIpc) is 3.01. The minimum absolute atomic E-state index is 0.0268. The summed E-state index contributed by atoms with van der Waals surface area (Å²) < 4.78 is 40.4. The van der Waals surface area contributed by atoms with Crippen LogP contribution in [0.25, 0.3) is 0 Å². The molecule has 0 aromatic rings. The first-order valence-electron chi connectivity index (χ1n) is 8.68. The van der Waals surface area contributed by atoms with Crippen LogP contribution in [0.4, 0.5) is 0 Å². The molecule has 2 aliphatic carbocycles. The van der Waals surface area contributed by atoms with E-state index in [1.54, 1.807) is 6.92 Å². The van der Waals surface area contributed by atoms with Crippen LogP contribution in [-0.4, -0.2) is 57.5 Å². The molecule has 1 aliphatic heterocycles. The highest BCUT2D eigenvalue weighted by atomic mass is 32.2. The van der Waals surface area contributed by atoms with E-state index in [4.69, 9.17) is 13.7 Å². The van der Waals surface area contributed by atoms with Crippen molar-refractivity contribution in [3.05, 3.63) is 12.2 Å². The summed E-state index contributed by atoms with van der Waals surface area (Å²) in [7, 11) is -3.51. The Morgan fingerprint density at radius 2 is 2.00 bits per heavy atom. The van der Waals surface area contributed by atoms with Gasteiger partial charge in [0.05, 0.1) is 18.0 Å². The summed E-state index contributed by atoms with van der Waals surface area (Å²) in [5.74, 6) is -0.930. The number of ether oxygens (including phenoxy) is 2. The van der Waals surface area contributed by atoms with Gasteiger partial charge in [0.25, 0.3) is 10.1 Å². The number of hydrogen-bond donors (Lipinski definition) is 1. The van der Waals surface area contributed by atoms with E-state index in [2.05, 4.69) is 25.7 Å². The summed E-state index contributed by atoms with van der Waals surface area (Å²) in [6, 6.07) is 0. The third-order valence-electron chi connectivity index (χ3n) is 5.83. The van der Waals surface area contributed by atoms with Crippen LogP contribution >= 0.6 is 0 Å². The molecular weight excluding hydrogens is 362 g/mol. The standard InChI is InChI=1S/C17H25NO7S/c1-9(2)16(20)18-8-12(19)23-5-6-24-14-10-7-11-13(17(10,3)4)15(14)25-26(11,21)22/h10-11,13-15H,1,5-8H2,2-4H3,(H,18,20). The lowest BCUT2D eigenvalue weighted by Crippen LogP contribution is -2.36. The van der Waals surface area contributed by atoms with Crippen LogP contribution < -0.4 is 5.32 Å². The SMILES string of the molecule is C=C(C)C(=O)NCC(=O)OCCOC1C2OS(=O)(=O)C3CC1C(C)(C)C23. The van der Waals surface area contributed by atoms with E-state index in [0.29, 0.717) is 12.0 Å². The van der Waals surface area contributed by atoms with Crippen molar-refractivity contribution in [2.24, 2.45) is 17.3 Å². The van der Waals surface area contributed by atoms with Crippen LogP contribution in [0, 0.1) is 17.3 Å². The Morgan fingerprint density at radius 1 is 1.31 bits per heavy atom. The van der Waals surface area contributed by atoms with Crippen LogP contribution in [0.2, 0.25) is 0 Å². The zero-order valence-electron chi connectivity index (χ0n) is 15.2. The molecule has 3 rings (SSSR count). The maximum atomic E-state index is 12.1. The molecule has 2 saturated carbocycles. The van der Waals surface area contributed by atoms with E-state index in [0.717, 1.165) is 0 Å². The molecule has 0 aromatic heterocycles. The molecule has 5 unspecified atom stereocenters. The molecule has 2 bridgehead atoms. The number of rotatable bonds is 7. The molecule has 0 aromatic carbocycles. The quantitative estimate of drug-likeness (QED) is 0.291. The second-order valence-electron chi connectivity index (χ2n) is 7.80. The maximum absolute atomic E-state index is 12.1. The van der Waals surface area contributed by atoms with Gasteiger partial charge in [-0.3, -0.25) is 13.8 Å². The largest absolute Gasteiger partial charge is 0.462 e. The Morgan fingerprint density at radius 3 is 2.65 bits per heavy atom. The molecule has 9 heteroatoms. The number of amides is 1. The van der Waals surface area contributed by atoms with Gasteiger partial charge in [-0.1, -0.05) is 20.4 Å². The second kappa shape index (κ2) is 6.61. The number of carbonyl (C=O) groups excluding carboxylic acids is 2. The Labute approximate surface area is 153 Å². The van der Waals surface area contributed by atoms with Crippen molar-refractivity contribution >= 4 is 22.0 Å². The molecule has 1 amide bonds. The fraction of sp³-hybridized carbons (Fsp3) is 0.765. The van der Waals surface area contributed by atoms with Crippen molar-refractivity contribution < 1.29 is 31.7 Å². The smallest absolute Gasteiger partial charge is 0.325 e. The van der Waals surface area contributed by atoms with Crippen LogP contribution in [0.5, 0.6) is 0 Å². The van der Waals surface area contributed by atoms with E-state index < -0.39 is 33.3 Å². The lowest BCUT2D eigenvalue weighted by molar-refractivity contribution is -0.146. The predicted octanol–water partition coefficient (Wildman–Crippen LogP) is 0.380. The highest BCUT2D eigenvalue weighted by Gasteiger charge is 2.72. The highest BCUT2D eigenvalue weighted by Crippen LogP contribution is 2.64. The van der Waals surface area contributed by atoms with E-state index in [9.17, 15) is 18.0 Å². The summed E-state index contributed by atoms with van der Waals surface area (Å²) in [6.45, 7) is 9.08. The summed E-state index contributed by atoms with van der Waals surface area (Å²) in [4.78, 5) is 22.9. The van der Waals surface area contributed by atoms with E-state index in [-0.39, 0.29) is 43.1 Å². The first kappa shape index (κ1) is 19.3. The summed E-state index contributed by atoms with van der Waals surface area (Å²) in [5.41, 5.74) is 0.150. The Bertz CT molecular complexity index is 729. The van der Waals surface area contributed by atoms with Gasteiger partial charge in [-0.25, -0.2) is 0 Å². The number of esters is 1. The van der Waals surface area contributed by atoms with Gasteiger partial charge in [0.2, 0.25) is 5.91 Å². The molecule has 3 aliphatic rings. The van der Waals surface area contributed by atoms with Gasteiger partial charge < -0.3 is 14.8 Å². The fourth-order valence-electron chi connectivity index (χ4n) is 4.60. The van der Waals surface area contributed by atoms with Crippen molar-refractivity contribution in [1.29, 1.82) is 0 Å². The molecule has 8 nitrogen and oxygen atoms in total. The predicted molar refractivity (Wildman–Crippen MR) is 91.5 cm³/mol. The Balaban J connectivity index is 1.46. The van der Waals surface area contributed by atoms with Crippen molar-refractivity contribution in [2.75, 3.05) is 19.8 Å². The van der Waals surface area contributed by atoms with Crippen LogP contribution in [-0.2, 0) is 33.4 Å². The number of fused-ring (bicyclic) bond motifs is 1. The summed E-state index contributed by atoms with van der Waals surface area (Å²) in [5, 5.41) is 1.96. The van der Waals surface area contributed by atoms with Crippen LogP contribution in [0.1, 0.15) is 27.2 Å². The topological polar surface area (TPSA) is 108 Å². The maximum Gasteiger partial charge on any atom is 0.325 e. The molecule has 146 valence electrons. The molecule has 0 spiro atoms. The van der Waals surface area contributed by atoms with Gasteiger partial charge in [-0.05, 0) is 24.7 Å². The van der Waals surface area contributed by atoms with Gasteiger partial charge in [-0.15, -0.1) is 0 Å². The summed E-state index contributed by atoms with van der Waals surface area (Å²) >= 11 is 0. The van der Waals surface area contributed by atoms with Gasteiger partial charge >= 0.3 is 5.97 Å².